The number of nitrogens with zero attached hydrogens (tertiary/aromatic N) is 4. The molecule has 8 heteroatoms. The highest BCUT2D eigenvalue weighted by Crippen LogP contribution is 2.27. The Bertz CT molecular complexity index is 713. The van der Waals surface area contributed by atoms with Crippen molar-refractivity contribution in [2.75, 3.05) is 11.9 Å². The number of hydrogen-bond acceptors (Lipinski definition) is 8. The minimum atomic E-state index is 0.580. The van der Waals surface area contributed by atoms with Gasteiger partial charge in [0.15, 0.2) is 4.34 Å². The molecule has 0 unspecified atom stereocenters. The lowest BCUT2D eigenvalue weighted by atomic mass is 10.2. The lowest BCUT2D eigenvalue weighted by Gasteiger charge is -2.01. The van der Waals surface area contributed by atoms with Crippen molar-refractivity contribution in [2.24, 2.45) is 0 Å². The van der Waals surface area contributed by atoms with Crippen molar-refractivity contribution >= 4 is 28.2 Å². The Labute approximate surface area is 136 Å². The minimum Gasteiger partial charge on any atom is -0.425 e. The highest BCUT2D eigenvalue weighted by atomic mass is 32.2. The van der Waals surface area contributed by atoms with E-state index in [4.69, 9.17) is 4.42 Å². The summed E-state index contributed by atoms with van der Waals surface area (Å²) in [6.07, 6.45) is 0.962. The summed E-state index contributed by atoms with van der Waals surface area (Å²) in [7, 11) is 0. The molecule has 2 heterocycles. The van der Waals surface area contributed by atoms with Gasteiger partial charge in [0.1, 0.15) is 0 Å². The molecule has 6 nitrogen and oxygen atoms in total. The van der Waals surface area contributed by atoms with Gasteiger partial charge in [-0.25, -0.2) is 0 Å². The van der Waals surface area contributed by atoms with E-state index < -0.39 is 0 Å². The minimum absolute atomic E-state index is 0.580. The summed E-state index contributed by atoms with van der Waals surface area (Å²) in [4.78, 5) is 0. The van der Waals surface area contributed by atoms with Crippen molar-refractivity contribution in [1.82, 2.24) is 20.4 Å². The predicted molar refractivity (Wildman–Crippen MR) is 87.1 cm³/mol. The molecule has 0 bridgehead atoms. The van der Waals surface area contributed by atoms with Gasteiger partial charge in [-0.3, -0.25) is 0 Å². The molecule has 0 fully saturated rings. The van der Waals surface area contributed by atoms with Crippen LogP contribution in [0.15, 0.2) is 39.1 Å². The molecular weight excluding hydrogens is 318 g/mol. The quantitative estimate of drug-likeness (QED) is 0.665. The second-order valence-electron chi connectivity index (χ2n) is 4.54. The maximum atomic E-state index is 5.32. The van der Waals surface area contributed by atoms with Crippen LogP contribution in [-0.4, -0.2) is 26.9 Å². The Kier molecular flexibility index (Phi) is 5.02. The largest absolute Gasteiger partial charge is 0.425 e. The standard InChI is InChI=1S/C14H15N5OS2/c1-10-16-17-12(20-10)9-21-14-19-18-13(22-14)15-8-7-11-5-3-2-4-6-11/h2-6H,7-9H2,1H3,(H,15,18). The van der Waals surface area contributed by atoms with Gasteiger partial charge in [0.2, 0.25) is 16.9 Å². The third-order valence-corrected chi connectivity index (χ3v) is 4.83. The van der Waals surface area contributed by atoms with Crippen molar-refractivity contribution in [3.8, 4) is 0 Å². The van der Waals surface area contributed by atoms with Crippen LogP contribution >= 0.6 is 23.1 Å². The van der Waals surface area contributed by atoms with Crippen LogP contribution in [0, 0.1) is 6.92 Å². The third kappa shape index (κ3) is 4.28. The summed E-state index contributed by atoms with van der Waals surface area (Å²) in [5, 5.41) is 20.2. The van der Waals surface area contributed by atoms with Gasteiger partial charge in [-0.2, -0.15) is 0 Å². The topological polar surface area (TPSA) is 76.7 Å². The molecular formula is C14H15N5OS2. The number of aryl methyl sites for hydroxylation is 1. The Morgan fingerprint density at radius 2 is 2.00 bits per heavy atom. The number of rotatable bonds is 7. The van der Waals surface area contributed by atoms with Crippen LogP contribution in [-0.2, 0) is 12.2 Å². The second-order valence-corrected chi connectivity index (χ2v) is 6.74. The number of thioether (sulfide) groups is 1. The number of anilines is 1. The van der Waals surface area contributed by atoms with E-state index in [2.05, 4.69) is 37.8 Å². The molecule has 0 aliphatic rings. The van der Waals surface area contributed by atoms with Gasteiger partial charge in [-0.15, -0.1) is 20.4 Å². The molecule has 3 rings (SSSR count). The Hall–Kier alpha value is -1.93. The van der Waals surface area contributed by atoms with Crippen LogP contribution in [0.2, 0.25) is 0 Å². The van der Waals surface area contributed by atoms with E-state index in [0.29, 0.717) is 17.5 Å². The number of benzene rings is 1. The maximum Gasteiger partial charge on any atom is 0.226 e. The molecule has 1 aromatic carbocycles. The van der Waals surface area contributed by atoms with E-state index in [9.17, 15) is 0 Å². The summed E-state index contributed by atoms with van der Waals surface area (Å²) >= 11 is 3.08. The molecule has 0 amide bonds. The molecule has 1 N–H and O–H groups in total. The first-order chi connectivity index (χ1) is 10.8. The van der Waals surface area contributed by atoms with Crippen LogP contribution < -0.4 is 5.32 Å². The molecule has 0 aliphatic carbocycles. The van der Waals surface area contributed by atoms with Crippen molar-refractivity contribution in [3.05, 3.63) is 47.7 Å². The predicted octanol–water partition coefficient (Wildman–Crippen LogP) is 3.18. The van der Waals surface area contributed by atoms with Crippen molar-refractivity contribution in [2.45, 2.75) is 23.4 Å². The number of nitrogens with one attached hydrogen (secondary N) is 1. The number of aromatic nitrogens is 4. The lowest BCUT2D eigenvalue weighted by molar-refractivity contribution is 0.485. The molecule has 0 saturated carbocycles. The summed E-state index contributed by atoms with van der Waals surface area (Å²) in [5.74, 6) is 1.80. The van der Waals surface area contributed by atoms with Crippen molar-refractivity contribution < 1.29 is 4.42 Å². The maximum absolute atomic E-state index is 5.32. The Morgan fingerprint density at radius 1 is 1.14 bits per heavy atom. The van der Waals surface area contributed by atoms with E-state index >= 15 is 0 Å². The van der Waals surface area contributed by atoms with E-state index in [1.165, 1.54) is 16.9 Å². The van der Waals surface area contributed by atoms with Gasteiger partial charge in [0.05, 0.1) is 5.75 Å². The molecule has 114 valence electrons. The Morgan fingerprint density at radius 3 is 2.77 bits per heavy atom. The van der Waals surface area contributed by atoms with Gasteiger partial charge in [-0.05, 0) is 12.0 Å². The first-order valence-electron chi connectivity index (χ1n) is 6.83. The smallest absolute Gasteiger partial charge is 0.226 e. The van der Waals surface area contributed by atoms with Gasteiger partial charge < -0.3 is 9.73 Å². The lowest BCUT2D eigenvalue weighted by Crippen LogP contribution is -2.04. The molecule has 0 atom stereocenters. The zero-order valence-electron chi connectivity index (χ0n) is 12.0. The fourth-order valence-corrected chi connectivity index (χ4v) is 3.43. The van der Waals surface area contributed by atoms with E-state index in [1.54, 1.807) is 18.7 Å². The molecule has 2 aromatic heterocycles. The van der Waals surface area contributed by atoms with Gasteiger partial charge in [-0.1, -0.05) is 53.4 Å². The number of hydrogen-bond donors (Lipinski definition) is 1. The van der Waals surface area contributed by atoms with Gasteiger partial charge >= 0.3 is 0 Å². The average molecular weight is 333 g/mol. The molecule has 3 aromatic rings. The summed E-state index contributed by atoms with van der Waals surface area (Å²) in [6.45, 7) is 2.62. The van der Waals surface area contributed by atoms with E-state index in [1.807, 2.05) is 18.2 Å². The monoisotopic (exact) mass is 333 g/mol. The van der Waals surface area contributed by atoms with Gasteiger partial charge in [0, 0.05) is 13.5 Å². The summed E-state index contributed by atoms with van der Waals surface area (Å²) in [5.41, 5.74) is 1.31. The van der Waals surface area contributed by atoms with Crippen LogP contribution in [0.1, 0.15) is 17.3 Å². The van der Waals surface area contributed by atoms with Crippen molar-refractivity contribution in [3.63, 3.8) is 0 Å². The SMILES string of the molecule is Cc1nnc(CSc2nnc(NCCc3ccccc3)s2)o1. The third-order valence-electron chi connectivity index (χ3n) is 2.83. The highest BCUT2D eigenvalue weighted by Gasteiger charge is 2.08. The molecule has 0 spiro atoms. The van der Waals surface area contributed by atoms with Crippen LogP contribution in [0.3, 0.4) is 0 Å². The molecule has 0 aliphatic heterocycles. The van der Waals surface area contributed by atoms with E-state index in [0.717, 1.165) is 22.4 Å². The zero-order chi connectivity index (χ0) is 15.2. The van der Waals surface area contributed by atoms with Crippen LogP contribution in [0.25, 0.3) is 0 Å². The fourth-order valence-electron chi connectivity index (χ4n) is 1.82. The average Bonchev–Trinajstić information content (AvgIpc) is 3.15. The first-order valence-corrected chi connectivity index (χ1v) is 8.63. The molecule has 0 radical (unpaired) electrons. The van der Waals surface area contributed by atoms with E-state index in [-0.39, 0.29) is 0 Å². The van der Waals surface area contributed by atoms with Crippen LogP contribution in [0.4, 0.5) is 5.13 Å². The van der Waals surface area contributed by atoms with Crippen molar-refractivity contribution in [1.29, 1.82) is 0 Å². The van der Waals surface area contributed by atoms with Crippen LogP contribution in [0.5, 0.6) is 0 Å². The second kappa shape index (κ2) is 7.37. The first kappa shape index (κ1) is 15.0. The Balaban J connectivity index is 1.45. The summed E-state index contributed by atoms with van der Waals surface area (Å²) in [6, 6.07) is 10.4. The highest BCUT2D eigenvalue weighted by molar-refractivity contribution is 8.00. The molecule has 0 saturated heterocycles. The fraction of sp³-hybridized carbons (Fsp3) is 0.286. The zero-order valence-corrected chi connectivity index (χ0v) is 13.7. The molecule has 22 heavy (non-hydrogen) atoms. The summed E-state index contributed by atoms with van der Waals surface area (Å²) < 4.78 is 6.21. The normalized spacial score (nSPS) is 10.8. The van der Waals surface area contributed by atoms with Gasteiger partial charge in [0.25, 0.3) is 0 Å².